The van der Waals surface area contributed by atoms with E-state index in [9.17, 15) is 13.0 Å². The van der Waals surface area contributed by atoms with Crippen LogP contribution in [0.25, 0.3) is 0 Å². The van der Waals surface area contributed by atoms with Gasteiger partial charge in [0.05, 0.1) is 4.90 Å². The molecular weight excluding hydrogens is 673 g/mol. The first-order valence-electron chi connectivity index (χ1n) is 22.6. The Hall–Kier alpha value is 0.390. The fourth-order valence-corrected chi connectivity index (χ4v) is 8.59. The minimum absolute atomic E-state index is 0. The third kappa shape index (κ3) is 32.4. The molecule has 0 aromatic heterocycles. The molecule has 1 rings (SSSR count). The van der Waals surface area contributed by atoms with E-state index in [0.717, 1.165) is 43.2 Å². The Morgan fingerprint density at radius 3 is 0.941 bits per heavy atom. The molecule has 1 aromatic carbocycles. The second-order valence-corrected chi connectivity index (χ2v) is 17.3. The molecule has 5 heteroatoms. The van der Waals surface area contributed by atoms with Crippen LogP contribution in [0.2, 0.25) is 0 Å². The molecule has 0 heterocycles. The van der Waals surface area contributed by atoms with Crippen molar-refractivity contribution in [2.45, 2.75) is 263 Å². The predicted molar refractivity (Wildman–Crippen MR) is 229 cm³/mol. The van der Waals surface area contributed by atoms with E-state index in [4.69, 9.17) is 0 Å². The number of hydrogen-bond acceptors (Lipinski definition) is 2. The summed E-state index contributed by atoms with van der Waals surface area (Å²) in [5, 5.41) is 0. The molecule has 1 aromatic rings. The molecule has 0 radical (unpaired) electrons. The van der Waals surface area contributed by atoms with Gasteiger partial charge in [0.2, 0.25) is 0 Å². The zero-order valence-electron chi connectivity index (χ0n) is 36.5. The van der Waals surface area contributed by atoms with E-state index in [1.165, 1.54) is 212 Å². The SMILES string of the molecule is CCCCCCCCCCCCCCCCCCCCc1cccc(S(=O)(=O)O)c1CCCCCCCCCCCCCCCCCCCC.[Ca+2].[H-].[H-]. The van der Waals surface area contributed by atoms with Crippen LogP contribution in [0.15, 0.2) is 23.1 Å². The summed E-state index contributed by atoms with van der Waals surface area (Å²) in [5.74, 6) is 0. The molecule has 0 bridgehead atoms. The molecule has 0 aliphatic carbocycles. The van der Waals surface area contributed by atoms with Crippen molar-refractivity contribution < 1.29 is 15.8 Å². The van der Waals surface area contributed by atoms with Crippen LogP contribution in [0.1, 0.15) is 259 Å². The van der Waals surface area contributed by atoms with Gasteiger partial charge in [0.15, 0.2) is 0 Å². The maximum atomic E-state index is 12.2. The van der Waals surface area contributed by atoms with Crippen LogP contribution in [0, 0.1) is 0 Å². The molecule has 298 valence electrons. The maximum Gasteiger partial charge on any atom is 2.00 e. The fraction of sp³-hybridized carbons (Fsp3) is 0.870. The molecule has 0 unspecified atom stereocenters. The van der Waals surface area contributed by atoms with Crippen LogP contribution in [-0.2, 0) is 23.0 Å². The molecule has 0 aliphatic heterocycles. The molecular formula is C46H88CaO3S. The van der Waals surface area contributed by atoms with E-state index in [-0.39, 0.29) is 45.5 Å². The second kappa shape index (κ2) is 38.7. The summed E-state index contributed by atoms with van der Waals surface area (Å²) in [6.45, 7) is 4.58. The van der Waals surface area contributed by atoms with Gasteiger partial charge in [-0.1, -0.05) is 244 Å². The van der Waals surface area contributed by atoms with Gasteiger partial charge in [0.1, 0.15) is 0 Å². The maximum absolute atomic E-state index is 12.2. The Balaban J connectivity index is -0.00000833. The molecule has 1 N–H and O–H groups in total. The van der Waals surface area contributed by atoms with Crippen LogP contribution >= 0.6 is 0 Å². The Labute approximate surface area is 353 Å². The zero-order valence-corrected chi connectivity index (χ0v) is 37.5. The van der Waals surface area contributed by atoms with E-state index >= 15 is 0 Å². The summed E-state index contributed by atoms with van der Waals surface area (Å²) in [6, 6.07) is 5.50. The predicted octanol–water partition coefficient (Wildman–Crippen LogP) is 15.9. The Bertz CT molecular complexity index is 976. The van der Waals surface area contributed by atoms with Crippen LogP contribution in [0.5, 0.6) is 0 Å². The number of benzene rings is 1. The van der Waals surface area contributed by atoms with Crippen molar-refractivity contribution in [2.24, 2.45) is 0 Å². The third-order valence-corrected chi connectivity index (χ3v) is 12.0. The van der Waals surface area contributed by atoms with Crippen LogP contribution in [-0.4, -0.2) is 50.7 Å². The van der Waals surface area contributed by atoms with Gasteiger partial charge in [-0.25, -0.2) is 0 Å². The number of hydrogen-bond donors (Lipinski definition) is 1. The normalized spacial score (nSPS) is 11.7. The van der Waals surface area contributed by atoms with Crippen molar-refractivity contribution in [1.29, 1.82) is 0 Å². The summed E-state index contributed by atoms with van der Waals surface area (Å²) in [5.41, 5.74) is 2.00. The van der Waals surface area contributed by atoms with Gasteiger partial charge in [0, 0.05) is 0 Å². The largest absolute Gasteiger partial charge is 2.00 e. The van der Waals surface area contributed by atoms with Crippen molar-refractivity contribution in [3.05, 3.63) is 29.3 Å². The summed E-state index contributed by atoms with van der Waals surface area (Å²) >= 11 is 0. The smallest absolute Gasteiger partial charge is 1.00 e. The number of unbranched alkanes of at least 4 members (excludes halogenated alkanes) is 34. The second-order valence-electron chi connectivity index (χ2n) is 15.9. The van der Waals surface area contributed by atoms with Crippen molar-refractivity contribution in [3.8, 4) is 0 Å². The van der Waals surface area contributed by atoms with E-state index in [1.54, 1.807) is 6.07 Å². The Kier molecular flexibility index (Phi) is 39.0. The van der Waals surface area contributed by atoms with Crippen LogP contribution in [0.3, 0.4) is 0 Å². The van der Waals surface area contributed by atoms with Gasteiger partial charge in [-0.2, -0.15) is 8.42 Å². The molecule has 51 heavy (non-hydrogen) atoms. The van der Waals surface area contributed by atoms with Gasteiger partial charge >= 0.3 is 37.7 Å². The van der Waals surface area contributed by atoms with Gasteiger partial charge in [-0.15, -0.1) is 0 Å². The van der Waals surface area contributed by atoms with E-state index in [2.05, 4.69) is 19.9 Å². The Morgan fingerprint density at radius 1 is 0.412 bits per heavy atom. The standard InChI is InChI=1S/C46H86O3S.Ca.2H/c1-3-5-7-9-11-13-15-17-19-21-23-25-27-29-31-33-35-37-40-44-41-39-43-46(50(47,48)49)45(44)42-38-36-34-32-30-28-26-24-22-20-18-16-14-12-10-8-6-4-2;;;/h39,41,43H,3-38,40,42H2,1-2H3,(H,47,48,49);;;/q;+2;2*-1. The first-order valence-corrected chi connectivity index (χ1v) is 24.0. The molecule has 3 nitrogen and oxygen atoms in total. The van der Waals surface area contributed by atoms with Crippen LogP contribution < -0.4 is 0 Å². The molecule has 0 saturated heterocycles. The first kappa shape index (κ1) is 51.4. The monoisotopic (exact) mass is 761 g/mol. The average Bonchev–Trinajstić information content (AvgIpc) is 3.10. The van der Waals surface area contributed by atoms with Gasteiger partial charge in [0.25, 0.3) is 10.1 Å². The average molecular weight is 761 g/mol. The quantitative estimate of drug-likeness (QED) is 0.0413. The van der Waals surface area contributed by atoms with Gasteiger partial charge < -0.3 is 2.85 Å². The van der Waals surface area contributed by atoms with Crippen LogP contribution in [0.4, 0.5) is 0 Å². The van der Waals surface area contributed by atoms with E-state index in [1.807, 2.05) is 6.07 Å². The van der Waals surface area contributed by atoms with Crippen molar-refractivity contribution in [2.75, 3.05) is 0 Å². The van der Waals surface area contributed by atoms with Gasteiger partial charge in [-0.05, 0) is 42.9 Å². The molecule has 0 aliphatic rings. The summed E-state index contributed by atoms with van der Waals surface area (Å²) < 4.78 is 34.3. The minimum atomic E-state index is -4.19. The summed E-state index contributed by atoms with van der Waals surface area (Å²) in [4.78, 5) is 0.143. The summed E-state index contributed by atoms with van der Waals surface area (Å²) in [6.07, 6.45) is 50.6. The van der Waals surface area contributed by atoms with Gasteiger partial charge in [-0.3, -0.25) is 4.55 Å². The number of rotatable bonds is 39. The van der Waals surface area contributed by atoms with E-state index < -0.39 is 10.1 Å². The first-order chi connectivity index (χ1) is 24.5. The zero-order chi connectivity index (χ0) is 36.2. The minimum Gasteiger partial charge on any atom is -1.00 e. The molecule has 0 atom stereocenters. The molecule has 0 spiro atoms. The van der Waals surface area contributed by atoms with Crippen molar-refractivity contribution >= 4 is 47.9 Å². The fourth-order valence-electron chi connectivity index (χ4n) is 7.79. The van der Waals surface area contributed by atoms with E-state index in [0.29, 0.717) is 0 Å². The number of aryl methyl sites for hydroxylation is 1. The van der Waals surface area contributed by atoms with Crippen molar-refractivity contribution in [3.63, 3.8) is 0 Å². The Morgan fingerprint density at radius 2 is 0.667 bits per heavy atom. The summed E-state index contributed by atoms with van der Waals surface area (Å²) in [7, 11) is -4.19. The molecule has 0 amide bonds. The molecule has 0 saturated carbocycles. The van der Waals surface area contributed by atoms with Crippen molar-refractivity contribution in [1.82, 2.24) is 0 Å². The third-order valence-electron chi connectivity index (χ3n) is 11.1. The topological polar surface area (TPSA) is 54.4 Å². The molecule has 0 fully saturated rings.